The molecule has 0 saturated heterocycles. The summed E-state index contributed by atoms with van der Waals surface area (Å²) < 4.78 is 0. The van der Waals surface area contributed by atoms with Crippen LogP contribution in [0, 0.1) is 10.1 Å². The Morgan fingerprint density at radius 2 is 1.85 bits per heavy atom. The van der Waals surface area contributed by atoms with Gasteiger partial charge in [-0.2, -0.15) is 5.10 Å². The SMILES string of the molecule is O=C(N/N=C\c1ccc([N+](=O)[O-])cc1)c1cc2c(s1)-c1ccccc1CC2. The third-order valence-corrected chi connectivity index (χ3v) is 5.65. The fourth-order valence-electron chi connectivity index (χ4n) is 3.09. The molecule has 1 N–H and O–H groups in total. The lowest BCUT2D eigenvalue weighted by Crippen LogP contribution is -2.16. The minimum atomic E-state index is -0.459. The van der Waals surface area contributed by atoms with Gasteiger partial charge in [-0.05, 0) is 53.3 Å². The summed E-state index contributed by atoms with van der Waals surface area (Å²) in [5, 5.41) is 14.6. The molecule has 1 heterocycles. The number of carbonyl (C=O) groups is 1. The summed E-state index contributed by atoms with van der Waals surface area (Å²) in [6, 6.07) is 16.2. The van der Waals surface area contributed by atoms with Crippen molar-refractivity contribution in [1.29, 1.82) is 0 Å². The Labute approximate surface area is 159 Å². The Kier molecular flexibility index (Phi) is 4.52. The highest BCUT2D eigenvalue weighted by atomic mass is 32.1. The molecule has 1 amide bonds. The van der Waals surface area contributed by atoms with Crippen molar-refractivity contribution in [2.75, 3.05) is 0 Å². The van der Waals surface area contributed by atoms with E-state index in [-0.39, 0.29) is 11.6 Å². The number of amides is 1. The quantitative estimate of drug-likeness (QED) is 0.420. The van der Waals surface area contributed by atoms with Gasteiger partial charge in [0, 0.05) is 17.0 Å². The molecule has 0 spiro atoms. The van der Waals surface area contributed by atoms with Crippen LogP contribution in [0.3, 0.4) is 0 Å². The lowest BCUT2D eigenvalue weighted by atomic mass is 9.91. The number of benzene rings is 2. The van der Waals surface area contributed by atoms with E-state index in [1.54, 1.807) is 12.1 Å². The molecule has 7 heteroatoms. The summed E-state index contributed by atoms with van der Waals surface area (Å²) in [4.78, 5) is 24.4. The van der Waals surface area contributed by atoms with Gasteiger partial charge in [-0.25, -0.2) is 5.43 Å². The first-order valence-electron chi connectivity index (χ1n) is 8.40. The van der Waals surface area contributed by atoms with E-state index in [0.717, 1.165) is 17.7 Å². The maximum atomic E-state index is 12.4. The van der Waals surface area contributed by atoms with Crippen molar-refractivity contribution in [3.05, 3.63) is 86.3 Å². The second kappa shape index (κ2) is 7.13. The van der Waals surface area contributed by atoms with E-state index in [2.05, 4.69) is 22.7 Å². The Balaban J connectivity index is 1.47. The zero-order valence-electron chi connectivity index (χ0n) is 14.2. The Hall–Kier alpha value is -3.32. The number of nitro benzene ring substituents is 1. The van der Waals surface area contributed by atoms with E-state index in [1.165, 1.54) is 46.4 Å². The molecule has 0 radical (unpaired) electrons. The molecule has 1 aromatic heterocycles. The molecule has 0 unspecified atom stereocenters. The molecule has 0 aliphatic heterocycles. The number of hydrogen-bond donors (Lipinski definition) is 1. The number of carbonyl (C=O) groups excluding carboxylic acids is 1. The minimum absolute atomic E-state index is 0.0145. The summed E-state index contributed by atoms with van der Waals surface area (Å²) in [5.74, 6) is -0.259. The van der Waals surface area contributed by atoms with Crippen LogP contribution in [0.4, 0.5) is 5.69 Å². The molecule has 0 saturated carbocycles. The summed E-state index contributed by atoms with van der Waals surface area (Å²) in [6.45, 7) is 0. The summed E-state index contributed by atoms with van der Waals surface area (Å²) in [5.41, 5.74) is 6.92. The van der Waals surface area contributed by atoms with Crippen LogP contribution in [0.15, 0.2) is 59.7 Å². The standard InChI is InChI=1S/C20H15N3O3S/c24-20(22-21-12-13-5-9-16(10-6-13)23(25)26)18-11-15-8-7-14-3-1-2-4-17(14)19(15)27-18/h1-6,9-12H,7-8H2,(H,22,24)/b21-12-. The van der Waals surface area contributed by atoms with Gasteiger partial charge in [0.15, 0.2) is 0 Å². The van der Waals surface area contributed by atoms with Crippen LogP contribution in [0.25, 0.3) is 10.4 Å². The predicted molar refractivity (Wildman–Crippen MR) is 105 cm³/mol. The molecule has 1 aliphatic rings. The van der Waals surface area contributed by atoms with Gasteiger partial charge in [0.2, 0.25) is 0 Å². The fraction of sp³-hybridized carbons (Fsp3) is 0.100. The lowest BCUT2D eigenvalue weighted by molar-refractivity contribution is -0.384. The summed E-state index contributed by atoms with van der Waals surface area (Å²) in [7, 11) is 0. The third kappa shape index (κ3) is 3.50. The first kappa shape index (κ1) is 17.1. The van der Waals surface area contributed by atoms with Crippen LogP contribution in [0.5, 0.6) is 0 Å². The van der Waals surface area contributed by atoms with E-state index < -0.39 is 4.92 Å². The molecular weight excluding hydrogens is 362 g/mol. The number of nitrogens with zero attached hydrogens (tertiary/aromatic N) is 2. The third-order valence-electron chi connectivity index (χ3n) is 4.44. The van der Waals surface area contributed by atoms with Gasteiger partial charge in [0.1, 0.15) is 0 Å². The maximum Gasteiger partial charge on any atom is 0.281 e. The first-order valence-corrected chi connectivity index (χ1v) is 9.22. The highest BCUT2D eigenvalue weighted by molar-refractivity contribution is 7.17. The second-order valence-electron chi connectivity index (χ2n) is 6.17. The van der Waals surface area contributed by atoms with Gasteiger partial charge in [-0.3, -0.25) is 14.9 Å². The number of non-ortho nitro benzene ring substituents is 1. The fourth-order valence-corrected chi connectivity index (χ4v) is 4.25. The van der Waals surface area contributed by atoms with Crippen molar-refractivity contribution in [3.8, 4) is 10.4 Å². The number of hydrogen-bond acceptors (Lipinski definition) is 5. The minimum Gasteiger partial charge on any atom is -0.266 e. The Morgan fingerprint density at radius 3 is 2.63 bits per heavy atom. The molecule has 0 atom stereocenters. The molecule has 134 valence electrons. The molecule has 3 aromatic rings. The van der Waals surface area contributed by atoms with E-state index in [4.69, 9.17) is 0 Å². The van der Waals surface area contributed by atoms with E-state index in [0.29, 0.717) is 10.4 Å². The number of nitrogens with one attached hydrogen (secondary N) is 1. The van der Waals surface area contributed by atoms with Gasteiger partial charge in [0.25, 0.3) is 11.6 Å². The maximum absolute atomic E-state index is 12.4. The largest absolute Gasteiger partial charge is 0.281 e. The summed E-state index contributed by atoms with van der Waals surface area (Å²) in [6.07, 6.45) is 3.38. The van der Waals surface area contributed by atoms with Gasteiger partial charge >= 0.3 is 0 Å². The van der Waals surface area contributed by atoms with Gasteiger partial charge in [0.05, 0.1) is 16.0 Å². The van der Waals surface area contributed by atoms with Crippen LogP contribution < -0.4 is 5.43 Å². The van der Waals surface area contributed by atoms with E-state index in [9.17, 15) is 14.9 Å². The van der Waals surface area contributed by atoms with Crippen LogP contribution in [0.1, 0.15) is 26.4 Å². The van der Waals surface area contributed by atoms with Crippen molar-refractivity contribution in [2.24, 2.45) is 5.10 Å². The Morgan fingerprint density at radius 1 is 1.11 bits per heavy atom. The molecule has 6 nitrogen and oxygen atoms in total. The zero-order chi connectivity index (χ0) is 18.8. The molecule has 1 aliphatic carbocycles. The number of nitro groups is 1. The number of thiophene rings is 1. The van der Waals surface area contributed by atoms with Crippen molar-refractivity contribution >= 4 is 29.1 Å². The van der Waals surface area contributed by atoms with Crippen molar-refractivity contribution in [2.45, 2.75) is 12.8 Å². The average molecular weight is 377 g/mol. The van der Waals surface area contributed by atoms with E-state index >= 15 is 0 Å². The van der Waals surface area contributed by atoms with Crippen LogP contribution in [0.2, 0.25) is 0 Å². The smallest absolute Gasteiger partial charge is 0.266 e. The highest BCUT2D eigenvalue weighted by Crippen LogP contribution is 2.39. The highest BCUT2D eigenvalue weighted by Gasteiger charge is 2.21. The molecular formula is C20H15N3O3S. The average Bonchev–Trinajstić information content (AvgIpc) is 3.13. The van der Waals surface area contributed by atoms with Crippen molar-refractivity contribution < 1.29 is 9.72 Å². The zero-order valence-corrected chi connectivity index (χ0v) is 15.0. The van der Waals surface area contributed by atoms with Crippen LogP contribution in [-0.2, 0) is 12.8 Å². The van der Waals surface area contributed by atoms with Crippen LogP contribution in [-0.4, -0.2) is 17.0 Å². The topological polar surface area (TPSA) is 84.6 Å². The number of fused-ring (bicyclic) bond motifs is 3. The summed E-state index contributed by atoms with van der Waals surface area (Å²) >= 11 is 1.48. The van der Waals surface area contributed by atoms with E-state index in [1.807, 2.05) is 18.2 Å². The number of hydrazone groups is 1. The van der Waals surface area contributed by atoms with Crippen molar-refractivity contribution in [3.63, 3.8) is 0 Å². The van der Waals surface area contributed by atoms with Crippen LogP contribution >= 0.6 is 11.3 Å². The molecule has 27 heavy (non-hydrogen) atoms. The molecule has 2 aromatic carbocycles. The number of rotatable bonds is 4. The monoisotopic (exact) mass is 377 g/mol. The van der Waals surface area contributed by atoms with Crippen molar-refractivity contribution in [1.82, 2.24) is 5.43 Å². The van der Waals surface area contributed by atoms with Gasteiger partial charge < -0.3 is 0 Å². The molecule has 4 rings (SSSR count). The molecule has 0 fully saturated rings. The van der Waals surface area contributed by atoms with Gasteiger partial charge in [-0.15, -0.1) is 11.3 Å². The number of aryl methyl sites for hydroxylation is 2. The second-order valence-corrected chi connectivity index (χ2v) is 7.22. The molecule has 0 bridgehead atoms. The first-order chi connectivity index (χ1) is 13.1. The normalized spacial score (nSPS) is 12.4. The predicted octanol–water partition coefficient (Wildman–Crippen LogP) is 4.19. The Bertz CT molecular complexity index is 1050. The van der Waals surface area contributed by atoms with Gasteiger partial charge in [-0.1, -0.05) is 24.3 Å². The lowest BCUT2D eigenvalue weighted by Gasteiger charge is -2.15.